The number of aliphatic hydroxyl groups excluding tert-OH is 1. The van der Waals surface area contributed by atoms with Crippen molar-refractivity contribution in [3.8, 4) is 0 Å². The largest absolute Gasteiger partial charge is 0.416 e. The zero-order valence-electron chi connectivity index (χ0n) is 11.5. The third kappa shape index (κ3) is 5.16. The van der Waals surface area contributed by atoms with Gasteiger partial charge in [-0.2, -0.15) is 13.2 Å². The summed E-state index contributed by atoms with van der Waals surface area (Å²) in [7, 11) is 0. The molecule has 3 nitrogen and oxygen atoms in total. The van der Waals surface area contributed by atoms with Gasteiger partial charge in [0.1, 0.15) is 0 Å². The molecule has 1 unspecified atom stereocenters. The molecule has 0 spiro atoms. The van der Waals surface area contributed by atoms with Gasteiger partial charge in [0, 0.05) is 23.2 Å². The van der Waals surface area contributed by atoms with Gasteiger partial charge in [-0.25, -0.2) is 0 Å². The topological polar surface area (TPSA) is 35.5 Å². The Morgan fingerprint density at radius 2 is 1.90 bits per heavy atom. The van der Waals surface area contributed by atoms with E-state index in [0.717, 1.165) is 38.1 Å². The molecule has 2 rings (SSSR count). The Morgan fingerprint density at radius 3 is 2.52 bits per heavy atom. The first-order valence-electron chi connectivity index (χ1n) is 6.86. The number of likely N-dealkylation sites (tertiary alicyclic amines) is 1. The monoisotopic (exact) mass is 366 g/mol. The lowest BCUT2D eigenvalue weighted by atomic mass is 10.2. The summed E-state index contributed by atoms with van der Waals surface area (Å²) in [5.41, 5.74) is -0.370. The molecule has 1 aromatic rings. The van der Waals surface area contributed by atoms with Gasteiger partial charge in [-0.05, 0) is 44.1 Å². The molecule has 0 amide bonds. The summed E-state index contributed by atoms with van der Waals surface area (Å²) in [6, 6.07) is 3.65. The molecule has 0 bridgehead atoms. The van der Waals surface area contributed by atoms with Gasteiger partial charge < -0.3 is 15.3 Å². The predicted octanol–water partition coefficient (Wildman–Crippen LogP) is 3.34. The van der Waals surface area contributed by atoms with E-state index in [2.05, 4.69) is 26.1 Å². The number of hydrogen-bond acceptors (Lipinski definition) is 3. The van der Waals surface area contributed by atoms with Gasteiger partial charge in [-0.1, -0.05) is 15.9 Å². The number of halogens is 4. The van der Waals surface area contributed by atoms with Crippen molar-refractivity contribution in [2.75, 3.05) is 31.5 Å². The number of rotatable bonds is 5. The molecule has 0 aliphatic carbocycles. The Bertz CT molecular complexity index is 476. The van der Waals surface area contributed by atoms with Crippen molar-refractivity contribution < 1.29 is 18.3 Å². The van der Waals surface area contributed by atoms with Crippen LogP contribution in [0.1, 0.15) is 18.4 Å². The lowest BCUT2D eigenvalue weighted by Crippen LogP contribution is -2.34. The number of benzene rings is 1. The van der Waals surface area contributed by atoms with E-state index in [4.69, 9.17) is 0 Å². The second-order valence-corrected chi connectivity index (χ2v) is 6.18. The number of β-amino-alcohol motifs (C(OH)–C–C–N with tert-alkyl or cyclic N) is 1. The van der Waals surface area contributed by atoms with E-state index in [9.17, 15) is 18.3 Å². The van der Waals surface area contributed by atoms with E-state index in [0.29, 0.717) is 16.7 Å². The SMILES string of the molecule is OC(CNc1cc(Br)cc(C(F)(F)F)c1)CN1CCCC1. The third-order valence-electron chi connectivity index (χ3n) is 3.43. The minimum atomic E-state index is -4.38. The molecule has 0 saturated carbocycles. The van der Waals surface area contributed by atoms with E-state index in [-0.39, 0.29) is 6.54 Å². The molecule has 118 valence electrons. The molecular formula is C14H18BrF3N2O. The summed E-state index contributed by atoms with van der Waals surface area (Å²) in [5.74, 6) is 0. The normalized spacial score (nSPS) is 18.0. The lowest BCUT2D eigenvalue weighted by molar-refractivity contribution is -0.137. The van der Waals surface area contributed by atoms with E-state index in [1.165, 1.54) is 0 Å². The van der Waals surface area contributed by atoms with Crippen LogP contribution < -0.4 is 5.32 Å². The first-order valence-corrected chi connectivity index (χ1v) is 7.66. The summed E-state index contributed by atoms with van der Waals surface area (Å²) < 4.78 is 38.5. The number of hydrogen-bond donors (Lipinski definition) is 2. The Hall–Kier alpha value is -0.790. The zero-order chi connectivity index (χ0) is 15.5. The maximum absolute atomic E-state index is 12.7. The Morgan fingerprint density at radius 1 is 1.24 bits per heavy atom. The van der Waals surface area contributed by atoms with Crippen LogP contribution in [0.25, 0.3) is 0 Å². The van der Waals surface area contributed by atoms with Crippen LogP contribution in [0.3, 0.4) is 0 Å². The first-order chi connectivity index (χ1) is 9.84. The average molecular weight is 367 g/mol. The van der Waals surface area contributed by atoms with Gasteiger partial charge in [0.25, 0.3) is 0 Å². The summed E-state index contributed by atoms with van der Waals surface area (Å²) in [6.07, 6.45) is -2.70. The van der Waals surface area contributed by atoms with E-state index < -0.39 is 17.8 Å². The van der Waals surface area contributed by atoms with Gasteiger partial charge in [0.2, 0.25) is 0 Å². The first kappa shape index (κ1) is 16.6. The highest BCUT2D eigenvalue weighted by Crippen LogP contribution is 2.33. The highest BCUT2D eigenvalue weighted by Gasteiger charge is 2.31. The quantitative estimate of drug-likeness (QED) is 0.838. The Kier molecular flexibility index (Phi) is 5.51. The van der Waals surface area contributed by atoms with Crippen LogP contribution in [-0.2, 0) is 6.18 Å². The molecule has 1 saturated heterocycles. The highest BCUT2D eigenvalue weighted by atomic mass is 79.9. The van der Waals surface area contributed by atoms with Crippen molar-refractivity contribution >= 4 is 21.6 Å². The number of anilines is 1. The predicted molar refractivity (Wildman–Crippen MR) is 79.3 cm³/mol. The van der Waals surface area contributed by atoms with Crippen LogP contribution >= 0.6 is 15.9 Å². The fourth-order valence-corrected chi connectivity index (χ4v) is 2.91. The number of aliphatic hydroxyl groups is 1. The van der Waals surface area contributed by atoms with Gasteiger partial charge in [-0.3, -0.25) is 0 Å². The molecule has 7 heteroatoms. The Labute approximate surface area is 130 Å². The minimum Gasteiger partial charge on any atom is -0.390 e. The van der Waals surface area contributed by atoms with Crippen molar-refractivity contribution in [3.63, 3.8) is 0 Å². The molecule has 1 fully saturated rings. The van der Waals surface area contributed by atoms with Gasteiger partial charge >= 0.3 is 6.18 Å². The molecular weight excluding hydrogens is 349 g/mol. The smallest absolute Gasteiger partial charge is 0.390 e. The molecule has 1 heterocycles. The number of nitrogens with zero attached hydrogens (tertiary/aromatic N) is 1. The minimum absolute atomic E-state index is 0.226. The number of alkyl halides is 3. The average Bonchev–Trinajstić information content (AvgIpc) is 2.87. The maximum Gasteiger partial charge on any atom is 0.416 e. The van der Waals surface area contributed by atoms with Crippen molar-refractivity contribution in [1.82, 2.24) is 4.90 Å². The van der Waals surface area contributed by atoms with Crippen molar-refractivity contribution in [2.45, 2.75) is 25.1 Å². The fraction of sp³-hybridized carbons (Fsp3) is 0.571. The molecule has 1 aliphatic heterocycles. The zero-order valence-corrected chi connectivity index (χ0v) is 13.0. The molecule has 1 aromatic carbocycles. The van der Waals surface area contributed by atoms with Crippen LogP contribution in [0.2, 0.25) is 0 Å². The molecule has 0 radical (unpaired) electrons. The number of nitrogens with one attached hydrogen (secondary N) is 1. The van der Waals surface area contributed by atoms with Crippen LogP contribution in [0.5, 0.6) is 0 Å². The fourth-order valence-electron chi connectivity index (χ4n) is 2.42. The van der Waals surface area contributed by atoms with Crippen LogP contribution in [0.15, 0.2) is 22.7 Å². The van der Waals surface area contributed by atoms with Gasteiger partial charge in [0.15, 0.2) is 0 Å². The maximum atomic E-state index is 12.7. The lowest BCUT2D eigenvalue weighted by Gasteiger charge is -2.20. The summed E-state index contributed by atoms with van der Waals surface area (Å²) in [6.45, 7) is 2.73. The van der Waals surface area contributed by atoms with E-state index in [1.54, 1.807) is 6.07 Å². The third-order valence-corrected chi connectivity index (χ3v) is 3.89. The molecule has 0 aromatic heterocycles. The molecule has 1 aliphatic rings. The second kappa shape index (κ2) is 6.98. The second-order valence-electron chi connectivity index (χ2n) is 5.27. The van der Waals surface area contributed by atoms with Gasteiger partial charge in [0.05, 0.1) is 11.7 Å². The van der Waals surface area contributed by atoms with Crippen LogP contribution in [0, 0.1) is 0 Å². The molecule has 21 heavy (non-hydrogen) atoms. The van der Waals surface area contributed by atoms with Crippen LogP contribution in [-0.4, -0.2) is 42.3 Å². The van der Waals surface area contributed by atoms with Crippen molar-refractivity contribution in [1.29, 1.82) is 0 Å². The van der Waals surface area contributed by atoms with Crippen LogP contribution in [0.4, 0.5) is 18.9 Å². The Balaban J connectivity index is 1.91. The molecule has 1 atom stereocenters. The summed E-state index contributed by atoms with van der Waals surface area (Å²) in [4.78, 5) is 2.16. The van der Waals surface area contributed by atoms with Crippen molar-refractivity contribution in [3.05, 3.63) is 28.2 Å². The molecule has 2 N–H and O–H groups in total. The van der Waals surface area contributed by atoms with Crippen molar-refractivity contribution in [2.24, 2.45) is 0 Å². The van der Waals surface area contributed by atoms with E-state index >= 15 is 0 Å². The van der Waals surface area contributed by atoms with E-state index in [1.807, 2.05) is 0 Å². The standard InChI is InChI=1S/C14H18BrF3N2O/c15-11-5-10(14(16,17)18)6-12(7-11)19-8-13(21)9-20-3-1-2-4-20/h5-7,13,19,21H,1-4,8-9H2. The summed E-state index contributed by atoms with van der Waals surface area (Å²) >= 11 is 3.07. The van der Waals surface area contributed by atoms with Gasteiger partial charge in [-0.15, -0.1) is 0 Å². The highest BCUT2D eigenvalue weighted by molar-refractivity contribution is 9.10. The summed E-state index contributed by atoms with van der Waals surface area (Å²) in [5, 5.41) is 12.8.